The van der Waals surface area contributed by atoms with Gasteiger partial charge in [0, 0.05) is 11.9 Å². The fraction of sp³-hybridized carbons (Fsp3) is 0.294. The summed E-state index contributed by atoms with van der Waals surface area (Å²) in [6.07, 6.45) is 1.69. The number of halogens is 1. The van der Waals surface area contributed by atoms with Gasteiger partial charge in [-0.3, -0.25) is 9.59 Å². The topological polar surface area (TPSA) is 71.3 Å². The second-order valence-corrected chi connectivity index (χ2v) is 5.75. The van der Waals surface area contributed by atoms with Gasteiger partial charge in [0.1, 0.15) is 5.76 Å². The molecule has 1 heterocycles. The van der Waals surface area contributed by atoms with Crippen LogP contribution in [0.4, 0.5) is 0 Å². The molecule has 2 atom stereocenters. The van der Waals surface area contributed by atoms with E-state index in [0.29, 0.717) is 10.8 Å². The van der Waals surface area contributed by atoms with Crippen molar-refractivity contribution in [2.75, 3.05) is 0 Å². The molecule has 6 heteroatoms. The smallest absolute Gasteiger partial charge is 0.222 e. The zero-order valence-corrected chi connectivity index (χ0v) is 13.8. The molecule has 122 valence electrons. The Hall–Kier alpha value is -2.27. The quantitative estimate of drug-likeness (QED) is 0.850. The third kappa shape index (κ3) is 5.14. The number of hydrogen-bond acceptors (Lipinski definition) is 3. The molecule has 1 aromatic heterocycles. The predicted octanol–water partition coefficient (Wildman–Crippen LogP) is 3.38. The van der Waals surface area contributed by atoms with Crippen molar-refractivity contribution in [3.05, 3.63) is 59.0 Å². The summed E-state index contributed by atoms with van der Waals surface area (Å²) in [4.78, 5) is 23.7. The first-order chi connectivity index (χ1) is 11.0. The molecule has 0 saturated carbocycles. The summed E-state index contributed by atoms with van der Waals surface area (Å²) >= 11 is 5.88. The van der Waals surface area contributed by atoms with Crippen LogP contribution in [0.5, 0.6) is 0 Å². The fourth-order valence-corrected chi connectivity index (χ4v) is 2.41. The maximum Gasteiger partial charge on any atom is 0.222 e. The summed E-state index contributed by atoms with van der Waals surface area (Å²) in [7, 11) is 0. The second-order valence-electron chi connectivity index (χ2n) is 5.31. The predicted molar refractivity (Wildman–Crippen MR) is 87.9 cm³/mol. The standard InChI is InChI=1S/C17H19ClN2O3/c1-11(16-4-3-9-23-16)19-17(22)10-15(20-12(2)21)13-5-7-14(18)8-6-13/h3-9,11,15H,10H2,1-2H3,(H,19,22)(H,20,21)/t11-,15-/m1/s1. The third-order valence-electron chi connectivity index (χ3n) is 3.39. The zero-order valence-electron chi connectivity index (χ0n) is 13.0. The SMILES string of the molecule is CC(=O)N[C@H](CC(=O)N[C@H](C)c1ccco1)c1ccc(Cl)cc1. The van der Waals surface area contributed by atoms with E-state index in [2.05, 4.69) is 10.6 Å². The summed E-state index contributed by atoms with van der Waals surface area (Å²) < 4.78 is 5.26. The monoisotopic (exact) mass is 334 g/mol. The molecule has 5 nitrogen and oxygen atoms in total. The van der Waals surface area contributed by atoms with Crippen LogP contribution in [0.3, 0.4) is 0 Å². The van der Waals surface area contributed by atoms with E-state index in [1.54, 1.807) is 42.7 Å². The highest BCUT2D eigenvalue weighted by Gasteiger charge is 2.19. The van der Waals surface area contributed by atoms with Crippen molar-refractivity contribution in [3.63, 3.8) is 0 Å². The van der Waals surface area contributed by atoms with E-state index in [9.17, 15) is 9.59 Å². The summed E-state index contributed by atoms with van der Waals surface area (Å²) in [5, 5.41) is 6.25. The van der Waals surface area contributed by atoms with E-state index in [1.807, 2.05) is 6.92 Å². The van der Waals surface area contributed by atoms with Crippen LogP contribution in [0.2, 0.25) is 5.02 Å². The first kappa shape index (κ1) is 17.1. The first-order valence-corrected chi connectivity index (χ1v) is 7.69. The minimum Gasteiger partial charge on any atom is -0.467 e. The van der Waals surface area contributed by atoms with Crippen LogP contribution in [0.25, 0.3) is 0 Å². The van der Waals surface area contributed by atoms with Crippen LogP contribution in [0, 0.1) is 0 Å². The molecule has 0 aliphatic heterocycles. The van der Waals surface area contributed by atoms with Gasteiger partial charge in [-0.25, -0.2) is 0 Å². The Morgan fingerprint density at radius 2 is 1.87 bits per heavy atom. The van der Waals surface area contributed by atoms with Crippen molar-refractivity contribution < 1.29 is 14.0 Å². The molecule has 0 radical (unpaired) electrons. The van der Waals surface area contributed by atoms with Crippen molar-refractivity contribution in [1.82, 2.24) is 10.6 Å². The third-order valence-corrected chi connectivity index (χ3v) is 3.64. The molecule has 0 spiro atoms. The van der Waals surface area contributed by atoms with E-state index >= 15 is 0 Å². The largest absolute Gasteiger partial charge is 0.467 e. The van der Waals surface area contributed by atoms with Gasteiger partial charge in [-0.05, 0) is 36.8 Å². The van der Waals surface area contributed by atoms with Crippen molar-refractivity contribution in [2.24, 2.45) is 0 Å². The molecule has 2 rings (SSSR count). The van der Waals surface area contributed by atoms with Crippen molar-refractivity contribution in [3.8, 4) is 0 Å². The van der Waals surface area contributed by atoms with Crippen molar-refractivity contribution in [1.29, 1.82) is 0 Å². The molecule has 0 saturated heterocycles. The van der Waals surface area contributed by atoms with E-state index in [4.69, 9.17) is 16.0 Å². The molecule has 1 aromatic carbocycles. The molecule has 0 aliphatic carbocycles. The zero-order chi connectivity index (χ0) is 16.8. The Labute approximate surface area is 140 Å². The summed E-state index contributed by atoms with van der Waals surface area (Å²) in [5.74, 6) is 0.306. The Balaban J connectivity index is 2.03. The minimum atomic E-state index is -0.409. The minimum absolute atomic E-state index is 0.131. The van der Waals surface area contributed by atoms with E-state index in [-0.39, 0.29) is 24.3 Å². The molecule has 0 unspecified atom stereocenters. The van der Waals surface area contributed by atoms with Gasteiger partial charge < -0.3 is 15.1 Å². The summed E-state index contributed by atoms with van der Waals surface area (Å²) in [5.41, 5.74) is 0.824. The van der Waals surface area contributed by atoms with Crippen LogP contribution in [-0.4, -0.2) is 11.8 Å². The molecule has 0 bridgehead atoms. The molecule has 2 aromatic rings. The average Bonchev–Trinajstić information content (AvgIpc) is 3.01. The van der Waals surface area contributed by atoms with Gasteiger partial charge in [-0.15, -0.1) is 0 Å². The highest BCUT2D eigenvalue weighted by atomic mass is 35.5. The van der Waals surface area contributed by atoms with Crippen LogP contribution in [-0.2, 0) is 9.59 Å². The molecule has 0 aliphatic rings. The molecular formula is C17H19ClN2O3. The lowest BCUT2D eigenvalue weighted by Crippen LogP contribution is -2.33. The van der Waals surface area contributed by atoms with E-state index in [0.717, 1.165) is 5.56 Å². The molecule has 2 N–H and O–H groups in total. The molecule has 23 heavy (non-hydrogen) atoms. The van der Waals surface area contributed by atoms with Gasteiger partial charge in [-0.2, -0.15) is 0 Å². The van der Waals surface area contributed by atoms with Crippen molar-refractivity contribution >= 4 is 23.4 Å². The van der Waals surface area contributed by atoms with Gasteiger partial charge in [0.25, 0.3) is 0 Å². The number of carbonyl (C=O) groups excluding carboxylic acids is 2. The number of rotatable bonds is 6. The van der Waals surface area contributed by atoms with Gasteiger partial charge >= 0.3 is 0 Å². The fourth-order valence-electron chi connectivity index (χ4n) is 2.29. The Morgan fingerprint density at radius 1 is 1.17 bits per heavy atom. The molecule has 2 amide bonds. The highest BCUT2D eigenvalue weighted by Crippen LogP contribution is 2.20. The van der Waals surface area contributed by atoms with Crippen molar-refractivity contribution in [2.45, 2.75) is 32.4 Å². The van der Waals surface area contributed by atoms with Crippen LogP contribution in [0.1, 0.15) is 43.7 Å². The number of benzene rings is 1. The number of hydrogen-bond donors (Lipinski definition) is 2. The lowest BCUT2D eigenvalue weighted by Gasteiger charge is -2.19. The summed E-state index contributed by atoms with van der Waals surface area (Å²) in [6.45, 7) is 3.26. The van der Waals surface area contributed by atoms with Gasteiger partial charge in [0.15, 0.2) is 0 Å². The van der Waals surface area contributed by atoms with E-state index < -0.39 is 6.04 Å². The second kappa shape index (κ2) is 7.83. The normalized spacial score (nSPS) is 13.2. The Bertz CT molecular complexity index is 653. The first-order valence-electron chi connectivity index (χ1n) is 7.31. The van der Waals surface area contributed by atoms with Gasteiger partial charge in [0.2, 0.25) is 11.8 Å². The van der Waals surface area contributed by atoms with Crippen LogP contribution in [0.15, 0.2) is 47.1 Å². The van der Waals surface area contributed by atoms with Gasteiger partial charge in [-0.1, -0.05) is 23.7 Å². The van der Waals surface area contributed by atoms with E-state index in [1.165, 1.54) is 6.92 Å². The highest BCUT2D eigenvalue weighted by molar-refractivity contribution is 6.30. The Kier molecular flexibility index (Phi) is 5.82. The maximum atomic E-state index is 12.3. The van der Waals surface area contributed by atoms with Gasteiger partial charge in [0.05, 0.1) is 24.8 Å². The number of amides is 2. The lowest BCUT2D eigenvalue weighted by atomic mass is 10.0. The molecular weight excluding hydrogens is 316 g/mol. The Morgan fingerprint density at radius 3 is 2.43 bits per heavy atom. The average molecular weight is 335 g/mol. The number of carbonyl (C=O) groups is 2. The number of nitrogens with one attached hydrogen (secondary N) is 2. The maximum absolute atomic E-state index is 12.3. The number of furan rings is 1. The summed E-state index contributed by atoms with van der Waals surface area (Å²) in [6, 6.07) is 9.98. The lowest BCUT2D eigenvalue weighted by molar-refractivity contribution is -0.123. The van der Waals surface area contributed by atoms with Crippen LogP contribution >= 0.6 is 11.6 Å². The molecule has 0 fully saturated rings. The van der Waals surface area contributed by atoms with Crippen LogP contribution < -0.4 is 10.6 Å².